The van der Waals surface area contributed by atoms with Crippen LogP contribution in [0.25, 0.3) is 0 Å². The molecular weight excluding hydrogens is 368 g/mol. The lowest BCUT2D eigenvalue weighted by molar-refractivity contribution is 0.0461. The van der Waals surface area contributed by atoms with Crippen LogP contribution >= 0.6 is 11.8 Å². The molecule has 0 aromatic carbocycles. The molecule has 2 heterocycles. The van der Waals surface area contributed by atoms with E-state index in [1.54, 1.807) is 12.3 Å². The third-order valence-electron chi connectivity index (χ3n) is 4.50. The number of nitriles is 1. The Morgan fingerprint density at radius 1 is 1.33 bits per heavy atom. The summed E-state index contributed by atoms with van der Waals surface area (Å²) in [5.74, 6) is -0.368. The van der Waals surface area contributed by atoms with Gasteiger partial charge >= 0.3 is 11.7 Å². The number of carbonyl (C=O) groups is 1. The maximum Gasteiger partial charge on any atom is 0.340 e. The summed E-state index contributed by atoms with van der Waals surface area (Å²) in [6.45, 7) is -0.249. The second-order valence-corrected chi connectivity index (χ2v) is 7.11. The molecule has 0 unspecified atom stereocenters. The molecule has 0 saturated heterocycles. The lowest BCUT2D eigenvalue weighted by atomic mass is 10.1. The molecule has 1 aliphatic rings. The van der Waals surface area contributed by atoms with Crippen LogP contribution in [0.1, 0.15) is 46.1 Å². The molecule has 0 aliphatic heterocycles. The number of hydrogen-bond donors (Lipinski definition) is 0. The molecule has 0 spiro atoms. The zero-order valence-electron chi connectivity index (χ0n) is 15.2. The maximum atomic E-state index is 12.6. The van der Waals surface area contributed by atoms with E-state index in [1.165, 1.54) is 36.5 Å². The van der Waals surface area contributed by atoms with Crippen molar-refractivity contribution in [2.45, 2.75) is 30.4 Å². The van der Waals surface area contributed by atoms with Gasteiger partial charge in [-0.15, -0.1) is 11.8 Å². The van der Waals surface area contributed by atoms with Gasteiger partial charge in [-0.3, -0.25) is 13.9 Å². The van der Waals surface area contributed by atoms with E-state index in [0.717, 1.165) is 23.1 Å². The van der Waals surface area contributed by atoms with Crippen molar-refractivity contribution in [2.24, 2.45) is 14.1 Å². The lowest BCUT2D eigenvalue weighted by Crippen LogP contribution is -2.38. The van der Waals surface area contributed by atoms with E-state index in [9.17, 15) is 19.6 Å². The second-order valence-electron chi connectivity index (χ2n) is 6.32. The van der Waals surface area contributed by atoms with Gasteiger partial charge in [0.25, 0.3) is 5.56 Å². The number of ether oxygens (including phenoxy) is 1. The molecule has 8 nitrogen and oxygen atoms in total. The van der Waals surface area contributed by atoms with Crippen LogP contribution in [0, 0.1) is 11.3 Å². The fourth-order valence-electron chi connectivity index (χ4n) is 2.68. The van der Waals surface area contributed by atoms with Crippen molar-refractivity contribution < 1.29 is 9.53 Å². The van der Waals surface area contributed by atoms with Crippen LogP contribution in [-0.2, 0) is 25.4 Å². The van der Waals surface area contributed by atoms with E-state index in [4.69, 9.17) is 4.74 Å². The van der Waals surface area contributed by atoms with Gasteiger partial charge < -0.3 is 4.74 Å². The SMILES string of the molecule is CSc1nc(C2CC2)cc(C(=O)OCc2cc(=O)n(C)c(=O)n2C)c1C#N. The topological polar surface area (TPSA) is 107 Å². The van der Waals surface area contributed by atoms with Crippen LogP contribution in [0.15, 0.2) is 26.7 Å². The first kappa shape index (κ1) is 18.9. The molecule has 0 amide bonds. The summed E-state index contributed by atoms with van der Waals surface area (Å²) >= 11 is 1.30. The van der Waals surface area contributed by atoms with Crippen LogP contribution < -0.4 is 11.2 Å². The summed E-state index contributed by atoms with van der Waals surface area (Å²) in [6, 6.07) is 4.88. The summed E-state index contributed by atoms with van der Waals surface area (Å²) < 4.78 is 7.52. The molecule has 1 fully saturated rings. The first-order valence-electron chi connectivity index (χ1n) is 8.29. The maximum absolute atomic E-state index is 12.6. The van der Waals surface area contributed by atoms with E-state index >= 15 is 0 Å². The fourth-order valence-corrected chi connectivity index (χ4v) is 3.24. The van der Waals surface area contributed by atoms with Crippen LogP contribution in [0.3, 0.4) is 0 Å². The number of aromatic nitrogens is 3. The Balaban J connectivity index is 1.91. The molecule has 9 heteroatoms. The van der Waals surface area contributed by atoms with Crippen molar-refractivity contribution in [2.75, 3.05) is 6.26 Å². The second kappa shape index (κ2) is 7.40. The number of carbonyl (C=O) groups excluding carboxylic acids is 1. The standard InChI is InChI=1S/C18H18N4O4S/c1-21-11(6-15(23)22(2)18(21)25)9-26-17(24)12-7-14(10-4-5-10)20-16(27-3)13(12)8-19/h6-7,10H,4-5,9H2,1-3H3. The Hall–Kier alpha value is -2.86. The minimum atomic E-state index is -0.681. The highest BCUT2D eigenvalue weighted by Gasteiger charge is 2.29. The Morgan fingerprint density at radius 3 is 2.63 bits per heavy atom. The smallest absolute Gasteiger partial charge is 0.340 e. The average molecular weight is 386 g/mol. The highest BCUT2D eigenvalue weighted by molar-refractivity contribution is 7.98. The molecule has 2 aromatic rings. The van der Waals surface area contributed by atoms with E-state index in [0.29, 0.717) is 10.9 Å². The van der Waals surface area contributed by atoms with Crippen molar-refractivity contribution in [3.05, 3.63) is 55.5 Å². The molecular formula is C18H18N4O4S. The first-order valence-corrected chi connectivity index (χ1v) is 9.52. The molecule has 0 radical (unpaired) electrons. The fraction of sp³-hybridized carbons (Fsp3) is 0.389. The monoisotopic (exact) mass is 386 g/mol. The van der Waals surface area contributed by atoms with Crippen molar-refractivity contribution in [3.63, 3.8) is 0 Å². The molecule has 1 aliphatic carbocycles. The summed E-state index contributed by atoms with van der Waals surface area (Å²) in [5, 5.41) is 9.95. The van der Waals surface area contributed by atoms with Gasteiger partial charge in [0.15, 0.2) is 0 Å². The first-order chi connectivity index (χ1) is 12.9. The van der Waals surface area contributed by atoms with Gasteiger partial charge in [0.05, 0.1) is 16.8 Å². The molecule has 2 aromatic heterocycles. The van der Waals surface area contributed by atoms with Crippen LogP contribution in [0.5, 0.6) is 0 Å². The molecule has 140 valence electrons. The van der Waals surface area contributed by atoms with Gasteiger partial charge in [-0.1, -0.05) is 0 Å². The molecule has 1 saturated carbocycles. The van der Waals surface area contributed by atoms with Crippen molar-refractivity contribution in [3.8, 4) is 6.07 Å². The highest BCUT2D eigenvalue weighted by Crippen LogP contribution is 2.40. The molecule has 27 heavy (non-hydrogen) atoms. The Morgan fingerprint density at radius 2 is 2.04 bits per heavy atom. The van der Waals surface area contributed by atoms with Gasteiger partial charge in [-0.05, 0) is 25.2 Å². The van der Waals surface area contributed by atoms with Crippen LogP contribution in [0.2, 0.25) is 0 Å². The summed E-state index contributed by atoms with van der Waals surface area (Å²) in [4.78, 5) is 40.9. The molecule has 3 rings (SSSR count). The van der Waals surface area contributed by atoms with Crippen molar-refractivity contribution >= 4 is 17.7 Å². The largest absolute Gasteiger partial charge is 0.456 e. The van der Waals surface area contributed by atoms with Gasteiger partial charge in [0.1, 0.15) is 17.7 Å². The minimum absolute atomic E-state index is 0.160. The van der Waals surface area contributed by atoms with E-state index in [-0.39, 0.29) is 23.4 Å². The lowest BCUT2D eigenvalue weighted by Gasteiger charge is -2.12. The Labute approximate surface area is 159 Å². The summed E-state index contributed by atoms with van der Waals surface area (Å²) in [7, 11) is 2.87. The van der Waals surface area contributed by atoms with E-state index in [2.05, 4.69) is 4.98 Å². The quantitative estimate of drug-likeness (QED) is 0.563. The normalized spacial score (nSPS) is 13.3. The van der Waals surface area contributed by atoms with Crippen LogP contribution in [-0.4, -0.2) is 26.3 Å². The van der Waals surface area contributed by atoms with Crippen LogP contribution in [0.4, 0.5) is 0 Å². The summed E-state index contributed by atoms with van der Waals surface area (Å²) in [6.07, 6.45) is 3.82. The zero-order valence-corrected chi connectivity index (χ0v) is 16.0. The Kier molecular flexibility index (Phi) is 5.19. The predicted molar refractivity (Wildman–Crippen MR) is 98.8 cm³/mol. The molecule has 0 bridgehead atoms. The number of rotatable bonds is 5. The number of pyridine rings is 1. The number of nitrogens with zero attached hydrogens (tertiary/aromatic N) is 4. The zero-order chi connectivity index (χ0) is 19.7. The summed E-state index contributed by atoms with van der Waals surface area (Å²) in [5.41, 5.74) is 0.410. The average Bonchev–Trinajstić information content (AvgIpc) is 3.51. The number of esters is 1. The third-order valence-corrected chi connectivity index (χ3v) is 5.19. The van der Waals surface area contributed by atoms with Gasteiger partial charge in [-0.25, -0.2) is 14.6 Å². The Bertz CT molecular complexity index is 1080. The van der Waals surface area contributed by atoms with Crippen molar-refractivity contribution in [1.29, 1.82) is 5.26 Å². The molecule has 0 atom stereocenters. The van der Waals surface area contributed by atoms with E-state index in [1.807, 2.05) is 6.07 Å². The van der Waals surface area contributed by atoms with Gasteiger partial charge in [0, 0.05) is 31.8 Å². The molecule has 0 N–H and O–H groups in total. The minimum Gasteiger partial charge on any atom is -0.456 e. The van der Waals surface area contributed by atoms with Gasteiger partial charge in [-0.2, -0.15) is 5.26 Å². The number of hydrogen-bond acceptors (Lipinski definition) is 7. The van der Waals surface area contributed by atoms with Crippen molar-refractivity contribution in [1.82, 2.24) is 14.1 Å². The van der Waals surface area contributed by atoms with E-state index < -0.39 is 17.2 Å². The predicted octanol–water partition coefficient (Wildman–Crippen LogP) is 1.31. The van der Waals surface area contributed by atoms with Gasteiger partial charge in [0.2, 0.25) is 0 Å². The number of thioether (sulfide) groups is 1. The third kappa shape index (κ3) is 3.66. The highest BCUT2D eigenvalue weighted by atomic mass is 32.2.